The zero-order chi connectivity index (χ0) is 25.5. The number of likely N-dealkylation sites (N-methyl/N-ethyl adjacent to an activating group) is 1. The smallest absolute Gasteiger partial charge is 0.354 e. The summed E-state index contributed by atoms with van der Waals surface area (Å²) in [7, 11) is 0. The number of carbonyl (C=O) groups excluding carboxylic acids is 3. The minimum absolute atomic E-state index is 0.00561. The van der Waals surface area contributed by atoms with E-state index in [4.69, 9.17) is 0 Å². The van der Waals surface area contributed by atoms with E-state index < -0.39 is 35.8 Å². The Hall–Kier alpha value is -3.04. The average molecular weight is 493 g/mol. The highest BCUT2D eigenvalue weighted by Gasteiger charge is 2.48. The number of hydrogen-bond acceptors (Lipinski definition) is 3. The van der Waals surface area contributed by atoms with Gasteiger partial charge in [0.1, 0.15) is 6.04 Å². The largest absolute Gasteiger partial charge is 0.416 e. The van der Waals surface area contributed by atoms with Crippen molar-refractivity contribution in [2.75, 3.05) is 19.6 Å². The molecule has 0 radical (unpaired) electrons. The lowest BCUT2D eigenvalue weighted by atomic mass is 9.91. The van der Waals surface area contributed by atoms with Crippen LogP contribution in [0.2, 0.25) is 0 Å². The molecule has 2 heterocycles. The molecular weight excluding hydrogens is 461 g/mol. The van der Waals surface area contributed by atoms with E-state index in [1.165, 1.54) is 28.0 Å². The van der Waals surface area contributed by atoms with E-state index in [1.54, 1.807) is 6.92 Å². The average Bonchev–Trinajstić information content (AvgIpc) is 3.57. The quantitative estimate of drug-likeness (QED) is 0.579. The molecule has 4 amide bonds. The Morgan fingerprint density at radius 2 is 1.89 bits per heavy atom. The minimum atomic E-state index is -4.66. The number of hydrogen-bond donors (Lipinski definition) is 2. The van der Waals surface area contributed by atoms with Crippen molar-refractivity contribution < 1.29 is 27.6 Å². The van der Waals surface area contributed by atoms with Gasteiger partial charge in [-0.25, -0.2) is 4.79 Å². The molecule has 4 rings (SSSR count). The summed E-state index contributed by atoms with van der Waals surface area (Å²) in [6.07, 6.45) is -2.13. The van der Waals surface area contributed by atoms with Crippen LogP contribution in [-0.2, 0) is 15.8 Å². The zero-order valence-corrected chi connectivity index (χ0v) is 20.1. The fourth-order valence-electron chi connectivity index (χ4n) is 4.85. The number of benzene rings is 1. The van der Waals surface area contributed by atoms with Crippen molar-refractivity contribution in [3.8, 4) is 0 Å². The molecule has 1 fully saturated rings. The molecule has 10 heteroatoms. The van der Waals surface area contributed by atoms with Crippen LogP contribution in [0.5, 0.6) is 0 Å². The summed E-state index contributed by atoms with van der Waals surface area (Å²) in [5, 5.41) is 5.55. The molecule has 1 aromatic carbocycles. The van der Waals surface area contributed by atoms with Gasteiger partial charge in [0.15, 0.2) is 0 Å². The maximum atomic E-state index is 13.8. The molecule has 1 aliphatic carbocycles. The Morgan fingerprint density at radius 1 is 1.20 bits per heavy atom. The van der Waals surface area contributed by atoms with Crippen LogP contribution in [0.15, 0.2) is 35.5 Å². The van der Waals surface area contributed by atoms with E-state index in [0.29, 0.717) is 24.6 Å². The Bertz CT molecular complexity index is 1050. The fraction of sp³-hybridized carbons (Fsp3) is 0.560. The van der Waals surface area contributed by atoms with E-state index in [-0.39, 0.29) is 36.1 Å². The molecule has 35 heavy (non-hydrogen) atoms. The molecular formula is C25H31F3N4O3. The number of rotatable bonds is 8. The van der Waals surface area contributed by atoms with Crippen molar-refractivity contribution in [2.24, 2.45) is 11.8 Å². The Labute approximate surface area is 202 Å². The highest BCUT2D eigenvalue weighted by Crippen LogP contribution is 2.42. The van der Waals surface area contributed by atoms with Crippen LogP contribution in [0.25, 0.3) is 0 Å². The van der Waals surface area contributed by atoms with Crippen LogP contribution in [-0.4, -0.2) is 53.3 Å². The number of urea groups is 1. The summed E-state index contributed by atoms with van der Waals surface area (Å²) < 4.78 is 41.4. The second-order valence-corrected chi connectivity index (χ2v) is 9.84. The van der Waals surface area contributed by atoms with Gasteiger partial charge in [-0.15, -0.1) is 0 Å². The van der Waals surface area contributed by atoms with Crippen molar-refractivity contribution >= 4 is 17.8 Å². The molecule has 0 aromatic heterocycles. The Balaban J connectivity index is 1.72. The molecule has 1 aromatic rings. The topological polar surface area (TPSA) is 81.8 Å². The minimum Gasteiger partial charge on any atom is -0.354 e. The molecule has 0 bridgehead atoms. The zero-order valence-electron chi connectivity index (χ0n) is 20.1. The van der Waals surface area contributed by atoms with Gasteiger partial charge in [-0.2, -0.15) is 13.2 Å². The number of amides is 4. The highest BCUT2D eigenvalue weighted by molar-refractivity contribution is 6.03. The van der Waals surface area contributed by atoms with Crippen molar-refractivity contribution in [3.63, 3.8) is 0 Å². The third-order valence-corrected chi connectivity index (χ3v) is 6.78. The van der Waals surface area contributed by atoms with Gasteiger partial charge < -0.3 is 15.5 Å². The molecule has 0 unspecified atom stereocenters. The predicted octanol–water partition coefficient (Wildman–Crippen LogP) is 3.83. The number of carbonyl (C=O) groups is 3. The van der Waals surface area contributed by atoms with Gasteiger partial charge in [-0.3, -0.25) is 14.5 Å². The van der Waals surface area contributed by atoms with E-state index in [9.17, 15) is 27.6 Å². The summed E-state index contributed by atoms with van der Waals surface area (Å²) >= 11 is 0. The molecule has 0 saturated heterocycles. The lowest BCUT2D eigenvalue weighted by Crippen LogP contribution is -2.49. The van der Waals surface area contributed by atoms with E-state index in [0.717, 1.165) is 18.9 Å². The van der Waals surface area contributed by atoms with Crippen molar-refractivity contribution in [3.05, 3.63) is 46.7 Å². The molecule has 2 aliphatic heterocycles. The second-order valence-electron chi connectivity index (χ2n) is 9.84. The van der Waals surface area contributed by atoms with Crippen LogP contribution in [0, 0.1) is 11.8 Å². The monoisotopic (exact) mass is 492 g/mol. The molecule has 190 valence electrons. The normalized spacial score (nSPS) is 21.4. The van der Waals surface area contributed by atoms with Gasteiger partial charge in [-0.1, -0.05) is 32.0 Å². The van der Waals surface area contributed by atoms with Crippen molar-refractivity contribution in [1.82, 2.24) is 20.4 Å². The SMILES string of the molecule is CCN1C(=O)N[C@@H](c2ccccc2C(F)(F)F)C2=C1CN([C@@H](CC(C)C)C(=O)NCC1CC1)C2=O. The summed E-state index contributed by atoms with van der Waals surface area (Å²) in [6, 6.07) is 2.34. The standard InChI is InChI=1S/C25H31F3N4O3/c1-4-31-19-13-32(18(11-14(2)3)22(33)29-12-15-9-10-15)23(34)20(19)21(30-24(31)35)16-7-5-6-8-17(16)25(26,27)28/h5-8,14-15,18,21H,4,9-13H2,1-3H3,(H,29,33)(H,30,35)/t18-,21-/m0/s1. The third kappa shape index (κ3) is 5.01. The predicted molar refractivity (Wildman–Crippen MR) is 123 cm³/mol. The van der Waals surface area contributed by atoms with Crippen LogP contribution >= 0.6 is 0 Å². The molecule has 2 N–H and O–H groups in total. The van der Waals surface area contributed by atoms with Gasteiger partial charge in [0.05, 0.1) is 29.4 Å². The highest BCUT2D eigenvalue weighted by atomic mass is 19.4. The molecule has 2 atom stereocenters. The van der Waals surface area contributed by atoms with Crippen LogP contribution in [0.3, 0.4) is 0 Å². The first kappa shape index (κ1) is 25.1. The summed E-state index contributed by atoms with van der Waals surface area (Å²) in [4.78, 5) is 42.6. The maximum absolute atomic E-state index is 13.8. The lowest BCUT2D eigenvalue weighted by molar-refractivity contribution is -0.139. The first-order chi connectivity index (χ1) is 16.5. The Morgan fingerprint density at radius 3 is 2.49 bits per heavy atom. The van der Waals surface area contributed by atoms with Crippen LogP contribution < -0.4 is 10.6 Å². The maximum Gasteiger partial charge on any atom is 0.416 e. The first-order valence-corrected chi connectivity index (χ1v) is 12.1. The molecule has 3 aliphatic rings. The van der Waals surface area contributed by atoms with Gasteiger partial charge in [-0.05, 0) is 49.7 Å². The summed E-state index contributed by atoms with van der Waals surface area (Å²) in [6.45, 7) is 6.40. The summed E-state index contributed by atoms with van der Waals surface area (Å²) in [5.41, 5.74) is -0.654. The number of nitrogens with zero attached hydrogens (tertiary/aromatic N) is 2. The van der Waals surface area contributed by atoms with Crippen LogP contribution in [0.4, 0.5) is 18.0 Å². The Kier molecular flexibility index (Phi) is 6.83. The lowest BCUT2D eigenvalue weighted by Gasteiger charge is -2.33. The van der Waals surface area contributed by atoms with E-state index in [1.807, 2.05) is 13.8 Å². The van der Waals surface area contributed by atoms with Gasteiger partial charge in [0.25, 0.3) is 5.91 Å². The van der Waals surface area contributed by atoms with Crippen molar-refractivity contribution in [1.29, 1.82) is 0 Å². The number of halogens is 3. The number of alkyl halides is 3. The molecule has 0 spiro atoms. The second kappa shape index (κ2) is 9.54. The molecule has 7 nitrogen and oxygen atoms in total. The van der Waals surface area contributed by atoms with Gasteiger partial charge in [0.2, 0.25) is 5.91 Å². The van der Waals surface area contributed by atoms with E-state index >= 15 is 0 Å². The van der Waals surface area contributed by atoms with Gasteiger partial charge >= 0.3 is 12.2 Å². The van der Waals surface area contributed by atoms with Gasteiger partial charge in [0, 0.05) is 13.1 Å². The molecule has 1 saturated carbocycles. The number of nitrogens with one attached hydrogen (secondary N) is 2. The first-order valence-electron chi connectivity index (χ1n) is 12.1. The summed E-state index contributed by atoms with van der Waals surface area (Å²) in [5.74, 6) is -0.234. The van der Waals surface area contributed by atoms with Crippen molar-refractivity contribution in [2.45, 2.75) is 58.3 Å². The fourth-order valence-corrected chi connectivity index (χ4v) is 4.85. The van der Waals surface area contributed by atoms with Crippen LogP contribution in [0.1, 0.15) is 57.2 Å². The van der Waals surface area contributed by atoms with E-state index in [2.05, 4.69) is 10.6 Å². The third-order valence-electron chi connectivity index (χ3n) is 6.78.